The molecule has 0 unspecified atom stereocenters. The molecule has 0 aliphatic rings. The SMILES string of the molecule is Cc1noc2nc(-c3ccc(F)cc3)cc(C(=O)NCc3ccc(NC(N)=O)cc3)c12. The summed E-state index contributed by atoms with van der Waals surface area (Å²) in [7, 11) is 0. The van der Waals surface area contributed by atoms with Crippen LogP contribution in [0.15, 0.2) is 59.1 Å². The van der Waals surface area contributed by atoms with Gasteiger partial charge in [0.15, 0.2) is 0 Å². The average Bonchev–Trinajstić information content (AvgIpc) is 3.13. The van der Waals surface area contributed by atoms with Crippen molar-refractivity contribution >= 4 is 28.7 Å². The number of nitrogens with two attached hydrogens (primary N) is 1. The zero-order chi connectivity index (χ0) is 22.0. The largest absolute Gasteiger partial charge is 0.351 e. The lowest BCUT2D eigenvalue weighted by atomic mass is 10.0. The van der Waals surface area contributed by atoms with Crippen LogP contribution in [0, 0.1) is 12.7 Å². The van der Waals surface area contributed by atoms with Gasteiger partial charge in [-0.3, -0.25) is 4.79 Å². The van der Waals surface area contributed by atoms with Gasteiger partial charge in [0.1, 0.15) is 5.82 Å². The number of aromatic nitrogens is 2. The molecule has 156 valence electrons. The van der Waals surface area contributed by atoms with E-state index in [-0.39, 0.29) is 24.0 Å². The summed E-state index contributed by atoms with van der Waals surface area (Å²) in [6, 6.07) is 13.7. The normalized spacial score (nSPS) is 10.8. The number of carbonyl (C=O) groups is 2. The molecule has 0 aliphatic carbocycles. The minimum atomic E-state index is -0.649. The van der Waals surface area contributed by atoms with E-state index >= 15 is 0 Å². The Morgan fingerprint density at radius 1 is 1.10 bits per heavy atom. The molecular formula is C22H18FN5O3. The fourth-order valence-corrected chi connectivity index (χ4v) is 3.17. The van der Waals surface area contributed by atoms with Crippen molar-refractivity contribution in [2.45, 2.75) is 13.5 Å². The van der Waals surface area contributed by atoms with Gasteiger partial charge in [0.2, 0.25) is 0 Å². The van der Waals surface area contributed by atoms with E-state index in [9.17, 15) is 14.0 Å². The molecule has 2 aromatic heterocycles. The van der Waals surface area contributed by atoms with Crippen molar-refractivity contribution in [3.05, 3.63) is 77.2 Å². The maximum atomic E-state index is 13.3. The predicted octanol–water partition coefficient (Wildman–Crippen LogP) is 3.76. The highest BCUT2D eigenvalue weighted by molar-refractivity contribution is 6.07. The number of rotatable bonds is 5. The van der Waals surface area contributed by atoms with Crippen molar-refractivity contribution in [2.24, 2.45) is 5.73 Å². The summed E-state index contributed by atoms with van der Waals surface area (Å²) in [5, 5.41) is 9.77. The number of benzene rings is 2. The standard InChI is InChI=1S/C22H18FN5O3/c1-12-19-17(20(29)25-11-13-2-8-16(9-3-13)26-22(24)30)10-18(27-21(19)31-28-12)14-4-6-15(23)7-5-14/h2-10H,11H2,1H3,(H,25,29)(H3,24,26,30). The quantitative estimate of drug-likeness (QED) is 0.454. The number of amides is 3. The van der Waals surface area contributed by atoms with Crippen LogP contribution in [-0.2, 0) is 6.54 Å². The number of nitrogens with zero attached hydrogens (tertiary/aromatic N) is 2. The first-order valence-electron chi connectivity index (χ1n) is 9.37. The first-order chi connectivity index (χ1) is 14.9. The molecule has 4 aromatic rings. The highest BCUT2D eigenvalue weighted by Crippen LogP contribution is 2.27. The Hall–Kier alpha value is -4.27. The van der Waals surface area contributed by atoms with Crippen LogP contribution in [0.25, 0.3) is 22.4 Å². The molecule has 0 radical (unpaired) electrons. The van der Waals surface area contributed by atoms with Gasteiger partial charge < -0.3 is 20.9 Å². The van der Waals surface area contributed by atoms with Crippen molar-refractivity contribution in [3.63, 3.8) is 0 Å². The highest BCUT2D eigenvalue weighted by Gasteiger charge is 2.19. The number of anilines is 1. The number of carbonyl (C=O) groups excluding carboxylic acids is 2. The first-order valence-corrected chi connectivity index (χ1v) is 9.37. The molecule has 0 aliphatic heterocycles. The van der Waals surface area contributed by atoms with Gasteiger partial charge in [0, 0.05) is 17.8 Å². The minimum absolute atomic E-state index is 0.228. The Morgan fingerprint density at radius 2 is 1.81 bits per heavy atom. The topological polar surface area (TPSA) is 123 Å². The van der Waals surface area contributed by atoms with Gasteiger partial charge in [-0.25, -0.2) is 14.2 Å². The van der Waals surface area contributed by atoms with Crippen molar-refractivity contribution in [2.75, 3.05) is 5.32 Å². The van der Waals surface area contributed by atoms with Crippen LogP contribution in [0.1, 0.15) is 21.6 Å². The Kier molecular flexibility index (Phi) is 5.31. The van der Waals surface area contributed by atoms with E-state index in [1.165, 1.54) is 12.1 Å². The summed E-state index contributed by atoms with van der Waals surface area (Å²) in [6.07, 6.45) is 0. The van der Waals surface area contributed by atoms with E-state index in [1.807, 2.05) is 0 Å². The van der Waals surface area contributed by atoms with Crippen molar-refractivity contribution in [1.82, 2.24) is 15.5 Å². The maximum Gasteiger partial charge on any atom is 0.316 e. The molecule has 4 rings (SSSR count). The van der Waals surface area contributed by atoms with Crippen molar-refractivity contribution in [1.29, 1.82) is 0 Å². The molecule has 0 saturated carbocycles. The van der Waals surface area contributed by atoms with Crippen molar-refractivity contribution in [3.8, 4) is 11.3 Å². The molecule has 31 heavy (non-hydrogen) atoms. The Balaban J connectivity index is 1.60. The number of halogens is 1. The second-order valence-electron chi connectivity index (χ2n) is 6.88. The number of hydrogen-bond acceptors (Lipinski definition) is 5. The van der Waals surface area contributed by atoms with E-state index < -0.39 is 6.03 Å². The third kappa shape index (κ3) is 4.35. The summed E-state index contributed by atoms with van der Waals surface area (Å²) < 4.78 is 18.5. The number of hydrogen-bond donors (Lipinski definition) is 3. The number of aryl methyl sites for hydroxylation is 1. The van der Waals surface area contributed by atoms with Gasteiger partial charge in [0.25, 0.3) is 11.6 Å². The van der Waals surface area contributed by atoms with Crippen LogP contribution in [0.2, 0.25) is 0 Å². The van der Waals surface area contributed by atoms with Crippen molar-refractivity contribution < 1.29 is 18.5 Å². The van der Waals surface area contributed by atoms with Gasteiger partial charge in [-0.1, -0.05) is 17.3 Å². The van der Waals surface area contributed by atoms with E-state index in [2.05, 4.69) is 20.8 Å². The highest BCUT2D eigenvalue weighted by atomic mass is 19.1. The molecule has 0 bridgehead atoms. The zero-order valence-corrected chi connectivity index (χ0v) is 16.5. The van der Waals surface area contributed by atoms with Gasteiger partial charge in [-0.05, 0) is 55.0 Å². The smallest absolute Gasteiger partial charge is 0.316 e. The summed E-state index contributed by atoms with van der Waals surface area (Å²) >= 11 is 0. The zero-order valence-electron chi connectivity index (χ0n) is 16.5. The fraction of sp³-hybridized carbons (Fsp3) is 0.0909. The van der Waals surface area contributed by atoms with Crippen LogP contribution in [0.4, 0.5) is 14.9 Å². The molecule has 4 N–H and O–H groups in total. The van der Waals surface area contributed by atoms with E-state index in [1.54, 1.807) is 49.4 Å². The number of pyridine rings is 1. The molecule has 0 fully saturated rings. The van der Waals surface area contributed by atoms with Crippen LogP contribution < -0.4 is 16.4 Å². The number of nitrogens with one attached hydrogen (secondary N) is 2. The maximum absolute atomic E-state index is 13.3. The second-order valence-corrected chi connectivity index (χ2v) is 6.88. The third-order valence-electron chi connectivity index (χ3n) is 4.68. The number of primary amides is 1. The minimum Gasteiger partial charge on any atom is -0.351 e. The molecule has 0 saturated heterocycles. The lowest BCUT2D eigenvalue weighted by Crippen LogP contribution is -2.23. The number of fused-ring (bicyclic) bond motifs is 1. The average molecular weight is 419 g/mol. The Labute approximate surface area is 176 Å². The van der Waals surface area contributed by atoms with Gasteiger partial charge in [0.05, 0.1) is 22.3 Å². The summed E-state index contributed by atoms with van der Waals surface area (Å²) in [5.41, 5.74) is 8.72. The Bertz CT molecular complexity index is 1270. The molecule has 8 nitrogen and oxygen atoms in total. The third-order valence-corrected chi connectivity index (χ3v) is 4.68. The van der Waals surface area contributed by atoms with Crippen LogP contribution in [0.3, 0.4) is 0 Å². The molecule has 3 amide bonds. The molecule has 2 heterocycles. The van der Waals surface area contributed by atoms with Gasteiger partial charge >= 0.3 is 6.03 Å². The van der Waals surface area contributed by atoms with Crippen LogP contribution in [0.5, 0.6) is 0 Å². The fourth-order valence-electron chi connectivity index (χ4n) is 3.17. The summed E-state index contributed by atoms with van der Waals surface area (Å²) in [4.78, 5) is 28.3. The van der Waals surface area contributed by atoms with Gasteiger partial charge in [-0.15, -0.1) is 0 Å². The lowest BCUT2D eigenvalue weighted by Gasteiger charge is -2.09. The van der Waals surface area contributed by atoms with Gasteiger partial charge in [-0.2, -0.15) is 0 Å². The molecule has 0 spiro atoms. The van der Waals surface area contributed by atoms with E-state index in [0.29, 0.717) is 33.6 Å². The lowest BCUT2D eigenvalue weighted by molar-refractivity contribution is 0.0952. The molecule has 2 aromatic carbocycles. The molecule has 9 heteroatoms. The Morgan fingerprint density at radius 3 is 2.48 bits per heavy atom. The molecular weight excluding hydrogens is 401 g/mol. The van der Waals surface area contributed by atoms with Crippen LogP contribution >= 0.6 is 0 Å². The predicted molar refractivity (Wildman–Crippen MR) is 113 cm³/mol. The summed E-state index contributed by atoms with van der Waals surface area (Å²) in [5.74, 6) is -0.697. The monoisotopic (exact) mass is 419 g/mol. The number of urea groups is 1. The first kappa shape index (κ1) is 20.0. The van der Waals surface area contributed by atoms with E-state index in [0.717, 1.165) is 5.56 Å². The molecule has 0 atom stereocenters. The summed E-state index contributed by atoms with van der Waals surface area (Å²) in [6.45, 7) is 1.99. The second kappa shape index (κ2) is 8.23. The van der Waals surface area contributed by atoms with Crippen LogP contribution in [-0.4, -0.2) is 22.1 Å². The van der Waals surface area contributed by atoms with E-state index in [4.69, 9.17) is 10.3 Å².